The molecule has 9 heteroatoms. The second-order valence-corrected chi connectivity index (χ2v) is 8.17. The van der Waals surface area contributed by atoms with Crippen LogP contribution in [0.15, 0.2) is 59.2 Å². The average molecular weight is 445 g/mol. The van der Waals surface area contributed by atoms with E-state index in [0.29, 0.717) is 29.2 Å². The largest absolute Gasteiger partial charge is 0.459 e. The molecule has 6 rings (SSSR count). The first-order chi connectivity index (χ1) is 16.1. The molecule has 2 N–H and O–H groups in total. The van der Waals surface area contributed by atoms with Gasteiger partial charge in [0.25, 0.3) is 11.8 Å². The molecule has 0 saturated carbocycles. The number of carbonyl (C=O) groups excluding carboxylic acids is 3. The lowest BCUT2D eigenvalue weighted by Crippen LogP contribution is -2.41. The first-order valence-electron chi connectivity index (χ1n) is 10.6. The molecule has 1 aromatic heterocycles. The van der Waals surface area contributed by atoms with Gasteiger partial charge in [-0.1, -0.05) is 12.1 Å². The number of carbonyl (C=O) groups is 3. The molecule has 0 radical (unpaired) electrons. The first kappa shape index (κ1) is 19.4. The highest BCUT2D eigenvalue weighted by Crippen LogP contribution is 2.37. The summed E-state index contributed by atoms with van der Waals surface area (Å²) < 4.78 is 16.0. The van der Waals surface area contributed by atoms with Gasteiger partial charge in [-0.25, -0.2) is 0 Å². The summed E-state index contributed by atoms with van der Waals surface area (Å²) >= 11 is 0. The molecule has 3 aromatic rings. The zero-order valence-electron chi connectivity index (χ0n) is 17.4. The molecule has 0 unspecified atom stereocenters. The minimum absolute atomic E-state index is 0.182. The molecule has 0 bridgehead atoms. The van der Waals surface area contributed by atoms with Gasteiger partial charge in [0.15, 0.2) is 17.3 Å². The smallest absolute Gasteiger partial charge is 0.287 e. The van der Waals surface area contributed by atoms with Crippen molar-refractivity contribution < 1.29 is 28.3 Å². The number of nitrogens with one attached hydrogen (secondary N) is 2. The molecular formula is C24H19N3O6. The van der Waals surface area contributed by atoms with Gasteiger partial charge < -0.3 is 29.4 Å². The number of anilines is 1. The Morgan fingerprint density at radius 3 is 2.70 bits per heavy atom. The zero-order valence-corrected chi connectivity index (χ0v) is 17.4. The Morgan fingerprint density at radius 1 is 1.03 bits per heavy atom. The van der Waals surface area contributed by atoms with Crippen molar-refractivity contribution in [1.29, 1.82) is 0 Å². The minimum atomic E-state index is -0.666. The van der Waals surface area contributed by atoms with E-state index in [2.05, 4.69) is 10.6 Å². The van der Waals surface area contributed by atoms with Crippen molar-refractivity contribution in [2.75, 3.05) is 18.7 Å². The summed E-state index contributed by atoms with van der Waals surface area (Å²) in [6.45, 7) is 0.415. The van der Waals surface area contributed by atoms with Crippen molar-refractivity contribution >= 4 is 23.4 Å². The topological polar surface area (TPSA) is 110 Å². The average Bonchev–Trinajstić information content (AvgIpc) is 3.57. The zero-order chi connectivity index (χ0) is 22.5. The lowest BCUT2D eigenvalue weighted by Gasteiger charge is -2.20. The highest BCUT2D eigenvalue weighted by atomic mass is 16.7. The van der Waals surface area contributed by atoms with Gasteiger partial charge >= 0.3 is 0 Å². The molecule has 2 aromatic carbocycles. The molecule has 3 amide bonds. The number of hydrogen-bond donors (Lipinski definition) is 2. The number of ether oxygens (including phenoxy) is 2. The van der Waals surface area contributed by atoms with E-state index < -0.39 is 6.04 Å². The molecule has 2 atom stereocenters. The Bertz CT molecular complexity index is 1290. The summed E-state index contributed by atoms with van der Waals surface area (Å²) in [7, 11) is 0. The summed E-state index contributed by atoms with van der Waals surface area (Å²) in [6.07, 6.45) is 1.75. The van der Waals surface area contributed by atoms with Crippen molar-refractivity contribution in [2.45, 2.75) is 18.5 Å². The number of furan rings is 1. The fourth-order valence-electron chi connectivity index (χ4n) is 4.53. The second kappa shape index (κ2) is 7.40. The molecule has 4 heterocycles. The summed E-state index contributed by atoms with van der Waals surface area (Å²) in [6, 6.07) is 13.1. The van der Waals surface area contributed by atoms with E-state index in [4.69, 9.17) is 13.9 Å². The highest BCUT2D eigenvalue weighted by Gasteiger charge is 2.43. The van der Waals surface area contributed by atoms with Crippen LogP contribution in [0.2, 0.25) is 0 Å². The van der Waals surface area contributed by atoms with Crippen LogP contribution < -0.4 is 20.1 Å². The standard InChI is InChI=1S/C24H19N3O6/c28-22-18-10-15(25-23(29)20-2-1-7-31-20)11-27(18)24(30)16-8-13(3-5-17(16)26-22)14-4-6-19-21(9-14)33-12-32-19/h1-9,15,18H,10-12H2,(H,25,29)(H,26,28)/t15-,18-/m0/s1. The van der Waals surface area contributed by atoms with Crippen molar-refractivity contribution in [2.24, 2.45) is 0 Å². The van der Waals surface area contributed by atoms with E-state index >= 15 is 0 Å². The van der Waals surface area contributed by atoms with E-state index in [9.17, 15) is 14.4 Å². The molecule has 1 fully saturated rings. The molecule has 1 saturated heterocycles. The molecule has 166 valence electrons. The molecular weight excluding hydrogens is 426 g/mol. The molecule has 3 aliphatic heterocycles. The van der Waals surface area contributed by atoms with Gasteiger partial charge in [0.2, 0.25) is 12.7 Å². The fourth-order valence-corrected chi connectivity index (χ4v) is 4.53. The molecule has 3 aliphatic rings. The molecule has 0 aliphatic carbocycles. The van der Waals surface area contributed by atoms with E-state index in [1.54, 1.807) is 24.3 Å². The number of rotatable bonds is 3. The Morgan fingerprint density at radius 2 is 1.85 bits per heavy atom. The van der Waals surface area contributed by atoms with Gasteiger partial charge in [-0.15, -0.1) is 0 Å². The lowest BCUT2D eigenvalue weighted by atomic mass is 10.0. The Balaban J connectivity index is 1.28. The van der Waals surface area contributed by atoms with Crippen LogP contribution in [-0.2, 0) is 4.79 Å². The van der Waals surface area contributed by atoms with E-state index in [0.717, 1.165) is 11.1 Å². The van der Waals surface area contributed by atoms with Crippen LogP contribution in [-0.4, -0.2) is 48.0 Å². The van der Waals surface area contributed by atoms with Crippen LogP contribution in [0, 0.1) is 0 Å². The minimum Gasteiger partial charge on any atom is -0.459 e. The number of amides is 3. The third-order valence-electron chi connectivity index (χ3n) is 6.16. The van der Waals surface area contributed by atoms with Gasteiger partial charge in [-0.05, 0) is 53.9 Å². The number of benzene rings is 2. The summed E-state index contributed by atoms with van der Waals surface area (Å²) in [4.78, 5) is 40.2. The molecule has 9 nitrogen and oxygen atoms in total. The molecule has 0 spiro atoms. The third-order valence-corrected chi connectivity index (χ3v) is 6.16. The monoisotopic (exact) mass is 445 g/mol. The van der Waals surface area contributed by atoms with E-state index in [1.165, 1.54) is 11.2 Å². The predicted molar refractivity (Wildman–Crippen MR) is 116 cm³/mol. The van der Waals surface area contributed by atoms with Crippen LogP contribution in [0.4, 0.5) is 5.69 Å². The van der Waals surface area contributed by atoms with Gasteiger partial charge in [-0.3, -0.25) is 14.4 Å². The number of nitrogens with zero attached hydrogens (tertiary/aromatic N) is 1. The third kappa shape index (κ3) is 3.29. The number of fused-ring (bicyclic) bond motifs is 3. The molecule has 33 heavy (non-hydrogen) atoms. The summed E-state index contributed by atoms with van der Waals surface area (Å²) in [5.41, 5.74) is 2.56. The predicted octanol–water partition coefficient (Wildman–Crippen LogP) is 2.64. The lowest BCUT2D eigenvalue weighted by molar-refractivity contribution is -0.119. The van der Waals surface area contributed by atoms with Crippen LogP contribution >= 0.6 is 0 Å². The summed E-state index contributed by atoms with van der Waals surface area (Å²) in [5.74, 6) is 0.613. The SMILES string of the molecule is O=C(N[C@H]1C[C@H]2C(=O)Nc3ccc(-c4ccc5c(c4)OCO5)cc3C(=O)N2C1)c1ccco1. The fraction of sp³-hybridized carbons (Fsp3) is 0.208. The normalized spacial score (nSPS) is 20.7. The maximum absolute atomic E-state index is 13.5. The quantitative estimate of drug-likeness (QED) is 0.641. The van der Waals surface area contributed by atoms with Crippen molar-refractivity contribution in [3.63, 3.8) is 0 Å². The summed E-state index contributed by atoms with van der Waals surface area (Å²) in [5, 5.41) is 5.72. The maximum atomic E-state index is 13.5. The van der Waals surface area contributed by atoms with Crippen molar-refractivity contribution in [1.82, 2.24) is 10.2 Å². The Labute approximate surface area is 188 Å². The highest BCUT2D eigenvalue weighted by molar-refractivity contribution is 6.11. The van der Waals surface area contributed by atoms with Crippen LogP contribution in [0.25, 0.3) is 11.1 Å². The van der Waals surface area contributed by atoms with Gasteiger partial charge in [-0.2, -0.15) is 0 Å². The van der Waals surface area contributed by atoms with Crippen LogP contribution in [0.1, 0.15) is 27.3 Å². The van der Waals surface area contributed by atoms with Gasteiger partial charge in [0.05, 0.1) is 17.5 Å². The van der Waals surface area contributed by atoms with Crippen molar-refractivity contribution in [3.05, 3.63) is 66.1 Å². The Hall–Kier alpha value is -4.27. The maximum Gasteiger partial charge on any atom is 0.287 e. The van der Waals surface area contributed by atoms with Crippen LogP contribution in [0.3, 0.4) is 0 Å². The first-order valence-corrected chi connectivity index (χ1v) is 10.6. The Kier molecular flexibility index (Phi) is 4.36. The van der Waals surface area contributed by atoms with Gasteiger partial charge in [0.1, 0.15) is 6.04 Å². The number of hydrogen-bond acceptors (Lipinski definition) is 6. The second-order valence-electron chi connectivity index (χ2n) is 8.17. The van der Waals surface area contributed by atoms with E-state index in [1.807, 2.05) is 24.3 Å². The van der Waals surface area contributed by atoms with Crippen molar-refractivity contribution in [3.8, 4) is 22.6 Å². The van der Waals surface area contributed by atoms with Crippen LogP contribution in [0.5, 0.6) is 11.5 Å². The van der Waals surface area contributed by atoms with Gasteiger partial charge in [0, 0.05) is 12.6 Å². The van der Waals surface area contributed by atoms with E-state index in [-0.39, 0.29) is 42.9 Å².